The molecule has 2 aromatic carbocycles. The van der Waals surface area contributed by atoms with E-state index in [0.29, 0.717) is 20.4 Å². The van der Waals surface area contributed by atoms with E-state index in [1.54, 1.807) is 30.3 Å². The Balaban J connectivity index is 2.29. The summed E-state index contributed by atoms with van der Waals surface area (Å²) in [4.78, 5) is 10.9. The van der Waals surface area contributed by atoms with Crippen LogP contribution in [0, 0.1) is 0 Å². The number of hydrogen-bond acceptors (Lipinski definition) is 4. The Morgan fingerprint density at radius 3 is 2.32 bits per heavy atom. The summed E-state index contributed by atoms with van der Waals surface area (Å²) in [6.07, 6.45) is 0.212. The largest absolute Gasteiger partial charge is 0.508 e. The molecule has 2 aromatic rings. The predicted octanol–water partition coefficient (Wildman–Crippen LogP) is 4.79. The summed E-state index contributed by atoms with van der Waals surface area (Å²) < 4.78 is 7.29. The monoisotopic (exact) mass is 471 g/mol. The maximum Gasteiger partial charge on any atom is 0.320 e. The number of halogens is 2. The number of carboxylic acid groups (broad SMARTS) is 1. The van der Waals surface area contributed by atoms with Crippen molar-refractivity contribution in [3.05, 3.63) is 50.4 Å². The highest BCUT2D eigenvalue weighted by Crippen LogP contribution is 2.39. The van der Waals surface area contributed by atoms with Crippen LogP contribution in [0.3, 0.4) is 0 Å². The number of aromatic hydroxyl groups is 1. The van der Waals surface area contributed by atoms with Crippen molar-refractivity contribution < 1.29 is 19.7 Å². The van der Waals surface area contributed by atoms with Gasteiger partial charge in [-0.05, 0) is 80.1 Å². The quantitative estimate of drug-likeness (QED) is 0.562. The van der Waals surface area contributed by atoms with E-state index in [-0.39, 0.29) is 18.1 Å². The van der Waals surface area contributed by atoms with Crippen molar-refractivity contribution in [3.8, 4) is 17.2 Å². The van der Waals surface area contributed by atoms with Crippen LogP contribution in [0.25, 0.3) is 0 Å². The zero-order chi connectivity index (χ0) is 18.7. The van der Waals surface area contributed by atoms with E-state index in [9.17, 15) is 9.90 Å². The van der Waals surface area contributed by atoms with Gasteiger partial charge in [0.25, 0.3) is 0 Å². The number of rotatable bonds is 6. The van der Waals surface area contributed by atoms with Crippen LogP contribution in [0.5, 0.6) is 17.2 Å². The molecule has 0 aromatic heterocycles. The summed E-state index contributed by atoms with van der Waals surface area (Å²) in [6, 6.07) is 7.70. The third kappa shape index (κ3) is 4.96. The molecule has 134 valence electrons. The maximum absolute atomic E-state index is 10.9. The smallest absolute Gasteiger partial charge is 0.320 e. The molecular formula is C18H19Br2NO4. The molecule has 0 fully saturated rings. The molecule has 0 bridgehead atoms. The first-order valence-corrected chi connectivity index (χ1v) is 9.24. The molecule has 0 unspecified atom stereocenters. The molecule has 5 nitrogen and oxygen atoms in total. The molecule has 2 rings (SSSR count). The van der Waals surface area contributed by atoms with Crippen LogP contribution in [-0.4, -0.2) is 22.2 Å². The highest BCUT2D eigenvalue weighted by molar-refractivity contribution is 9.11. The minimum atomic E-state index is -1.04. The third-order valence-corrected chi connectivity index (χ3v) is 4.85. The fraction of sp³-hybridized carbons (Fsp3) is 0.278. The van der Waals surface area contributed by atoms with Gasteiger partial charge in [0.05, 0.1) is 8.95 Å². The zero-order valence-corrected chi connectivity index (χ0v) is 17.0. The number of carbonyl (C=O) groups is 1. The fourth-order valence-corrected chi connectivity index (χ4v) is 3.79. The van der Waals surface area contributed by atoms with Crippen molar-refractivity contribution in [2.24, 2.45) is 5.73 Å². The average Bonchev–Trinajstić information content (AvgIpc) is 2.52. The highest BCUT2D eigenvalue weighted by Gasteiger charge is 2.16. The van der Waals surface area contributed by atoms with E-state index in [1.807, 2.05) is 13.8 Å². The van der Waals surface area contributed by atoms with Crippen LogP contribution in [0.2, 0.25) is 0 Å². The van der Waals surface area contributed by atoms with Crippen molar-refractivity contribution in [2.45, 2.75) is 32.2 Å². The molecule has 0 radical (unpaired) electrons. The van der Waals surface area contributed by atoms with Crippen molar-refractivity contribution >= 4 is 37.8 Å². The van der Waals surface area contributed by atoms with Crippen LogP contribution in [0.15, 0.2) is 39.3 Å². The Labute approximate surface area is 163 Å². The zero-order valence-electron chi connectivity index (χ0n) is 13.8. The second-order valence-corrected chi connectivity index (χ2v) is 7.72. The predicted molar refractivity (Wildman–Crippen MR) is 103 cm³/mol. The summed E-state index contributed by atoms with van der Waals surface area (Å²) >= 11 is 6.90. The average molecular weight is 473 g/mol. The molecule has 0 spiro atoms. The lowest BCUT2D eigenvalue weighted by Crippen LogP contribution is -2.32. The van der Waals surface area contributed by atoms with Gasteiger partial charge in [0.1, 0.15) is 17.5 Å². The Morgan fingerprint density at radius 1 is 1.20 bits per heavy atom. The van der Waals surface area contributed by atoms with Gasteiger partial charge in [-0.2, -0.15) is 0 Å². The summed E-state index contributed by atoms with van der Waals surface area (Å²) in [6.45, 7) is 3.98. The normalized spacial score (nSPS) is 12.2. The van der Waals surface area contributed by atoms with Gasteiger partial charge in [-0.25, -0.2) is 0 Å². The highest BCUT2D eigenvalue weighted by atomic mass is 79.9. The number of nitrogens with two attached hydrogens (primary N) is 1. The number of phenols is 1. The van der Waals surface area contributed by atoms with E-state index in [1.165, 1.54) is 0 Å². The maximum atomic E-state index is 10.9. The molecule has 0 saturated heterocycles. The number of carboxylic acids is 1. The van der Waals surface area contributed by atoms with Gasteiger partial charge < -0.3 is 20.7 Å². The molecular weight excluding hydrogens is 454 g/mol. The van der Waals surface area contributed by atoms with Gasteiger partial charge in [-0.15, -0.1) is 0 Å². The van der Waals surface area contributed by atoms with Crippen molar-refractivity contribution in [1.29, 1.82) is 0 Å². The van der Waals surface area contributed by atoms with E-state index >= 15 is 0 Å². The van der Waals surface area contributed by atoms with Crippen LogP contribution < -0.4 is 10.5 Å². The van der Waals surface area contributed by atoms with Gasteiger partial charge in [-0.3, -0.25) is 4.79 Å². The van der Waals surface area contributed by atoms with Gasteiger partial charge in [0.15, 0.2) is 5.75 Å². The lowest BCUT2D eigenvalue weighted by molar-refractivity contribution is -0.138. The Kier molecular flexibility index (Phi) is 6.48. The number of benzene rings is 2. The molecule has 1 atom stereocenters. The standard InChI is InChI=1S/C18H19Br2NO4/c1-9(2)12-8-11(3-4-16(12)22)25-17-13(19)5-10(6-14(17)20)7-15(21)18(23)24/h3-6,8-9,15,22H,7,21H2,1-2H3,(H,23,24)/t15-/m1/s1. The third-order valence-electron chi connectivity index (χ3n) is 3.67. The topological polar surface area (TPSA) is 92.8 Å². The van der Waals surface area contributed by atoms with Crippen molar-refractivity contribution in [3.63, 3.8) is 0 Å². The number of ether oxygens (including phenoxy) is 1. The second-order valence-electron chi connectivity index (χ2n) is 6.01. The Morgan fingerprint density at radius 2 is 1.80 bits per heavy atom. The van der Waals surface area contributed by atoms with Crippen LogP contribution in [0.4, 0.5) is 0 Å². The van der Waals surface area contributed by atoms with Gasteiger partial charge in [0, 0.05) is 5.56 Å². The Hall–Kier alpha value is -1.57. The summed E-state index contributed by atoms with van der Waals surface area (Å²) in [5.41, 5.74) is 7.16. The van der Waals surface area contributed by atoms with E-state index < -0.39 is 12.0 Å². The van der Waals surface area contributed by atoms with Gasteiger partial charge in [0.2, 0.25) is 0 Å². The van der Waals surface area contributed by atoms with E-state index in [2.05, 4.69) is 31.9 Å². The van der Waals surface area contributed by atoms with Crippen molar-refractivity contribution in [1.82, 2.24) is 0 Å². The summed E-state index contributed by atoms with van der Waals surface area (Å²) in [5, 5.41) is 18.8. The first-order valence-electron chi connectivity index (χ1n) is 7.66. The van der Waals surface area contributed by atoms with Gasteiger partial charge in [-0.1, -0.05) is 13.8 Å². The van der Waals surface area contributed by atoms with Crippen LogP contribution in [0.1, 0.15) is 30.9 Å². The summed E-state index contributed by atoms with van der Waals surface area (Å²) in [5.74, 6) is 0.512. The molecule has 0 aliphatic rings. The molecule has 0 amide bonds. The van der Waals surface area contributed by atoms with E-state index in [4.69, 9.17) is 15.6 Å². The Bertz CT molecular complexity index is 770. The molecule has 25 heavy (non-hydrogen) atoms. The SMILES string of the molecule is CC(C)c1cc(Oc2c(Br)cc(C[C@@H](N)C(=O)O)cc2Br)ccc1O. The fourth-order valence-electron chi connectivity index (χ4n) is 2.35. The van der Waals surface area contributed by atoms with Crippen molar-refractivity contribution in [2.75, 3.05) is 0 Å². The summed E-state index contributed by atoms with van der Waals surface area (Å²) in [7, 11) is 0. The number of hydrogen-bond donors (Lipinski definition) is 3. The first kappa shape index (κ1) is 19.8. The second kappa shape index (κ2) is 8.21. The lowest BCUT2D eigenvalue weighted by atomic mass is 10.0. The minimum Gasteiger partial charge on any atom is -0.508 e. The molecule has 4 N–H and O–H groups in total. The lowest BCUT2D eigenvalue weighted by Gasteiger charge is -2.15. The van der Waals surface area contributed by atoms with Crippen LogP contribution in [-0.2, 0) is 11.2 Å². The minimum absolute atomic E-state index is 0.162. The number of aliphatic carboxylic acids is 1. The van der Waals surface area contributed by atoms with Crippen LogP contribution >= 0.6 is 31.9 Å². The molecule has 0 aliphatic heterocycles. The molecule has 0 heterocycles. The number of phenolic OH excluding ortho intramolecular Hbond substituents is 1. The van der Waals surface area contributed by atoms with E-state index in [0.717, 1.165) is 11.1 Å². The molecule has 0 saturated carbocycles. The first-order chi connectivity index (χ1) is 11.7. The molecule has 7 heteroatoms. The molecule has 0 aliphatic carbocycles. The van der Waals surface area contributed by atoms with Gasteiger partial charge >= 0.3 is 5.97 Å².